The van der Waals surface area contributed by atoms with Crippen molar-refractivity contribution < 1.29 is 4.74 Å². The predicted octanol–water partition coefficient (Wildman–Crippen LogP) is 2.81. The van der Waals surface area contributed by atoms with Crippen LogP contribution in [0.5, 0.6) is 0 Å². The second kappa shape index (κ2) is 7.61. The lowest BCUT2D eigenvalue weighted by Crippen LogP contribution is -2.44. The molecular formula is C16H26N2O. The van der Waals surface area contributed by atoms with E-state index in [1.54, 1.807) is 0 Å². The Labute approximate surface area is 116 Å². The van der Waals surface area contributed by atoms with Crippen LogP contribution in [-0.4, -0.2) is 30.3 Å². The first-order valence-corrected chi connectivity index (χ1v) is 7.60. The summed E-state index contributed by atoms with van der Waals surface area (Å²) in [5, 5.41) is 3.66. The van der Waals surface area contributed by atoms with Gasteiger partial charge in [0, 0.05) is 31.0 Å². The van der Waals surface area contributed by atoms with Gasteiger partial charge in [0.05, 0.1) is 6.10 Å². The highest BCUT2D eigenvalue weighted by atomic mass is 16.5. The van der Waals surface area contributed by atoms with Gasteiger partial charge in [-0.1, -0.05) is 13.0 Å². The Balaban J connectivity index is 2.00. The third-order valence-corrected chi connectivity index (χ3v) is 3.65. The molecule has 1 aromatic rings. The highest BCUT2D eigenvalue weighted by Crippen LogP contribution is 2.36. The summed E-state index contributed by atoms with van der Waals surface area (Å²) in [5.41, 5.74) is 1.15. The molecule has 0 bridgehead atoms. The van der Waals surface area contributed by atoms with Gasteiger partial charge in [-0.05, 0) is 50.8 Å². The zero-order valence-corrected chi connectivity index (χ0v) is 12.1. The summed E-state index contributed by atoms with van der Waals surface area (Å²) in [6, 6.07) is 6.53. The van der Waals surface area contributed by atoms with E-state index in [0.717, 1.165) is 37.6 Å². The second-order valence-corrected chi connectivity index (χ2v) is 5.34. The molecule has 0 saturated heterocycles. The number of nitrogens with zero attached hydrogens (tertiary/aromatic N) is 1. The third kappa shape index (κ3) is 4.59. The van der Waals surface area contributed by atoms with E-state index in [9.17, 15) is 0 Å². The highest BCUT2D eigenvalue weighted by molar-refractivity contribution is 5.07. The maximum absolute atomic E-state index is 6.01. The molecule has 2 atom stereocenters. The molecule has 1 aromatic heterocycles. The van der Waals surface area contributed by atoms with Crippen LogP contribution in [0, 0.1) is 5.92 Å². The molecule has 1 fully saturated rings. The van der Waals surface area contributed by atoms with Crippen molar-refractivity contribution in [2.45, 2.75) is 51.7 Å². The van der Waals surface area contributed by atoms with Crippen molar-refractivity contribution in [2.24, 2.45) is 5.92 Å². The fourth-order valence-corrected chi connectivity index (χ4v) is 2.58. The number of ether oxygens (including phenoxy) is 1. The van der Waals surface area contributed by atoms with Crippen molar-refractivity contribution in [3.8, 4) is 0 Å². The summed E-state index contributed by atoms with van der Waals surface area (Å²) in [7, 11) is 0. The first kappa shape index (κ1) is 14.5. The minimum atomic E-state index is 0.346. The average Bonchev–Trinajstić information content (AvgIpc) is 3.27. The molecule has 2 unspecified atom stereocenters. The largest absolute Gasteiger partial charge is 0.377 e. The van der Waals surface area contributed by atoms with Crippen LogP contribution in [-0.2, 0) is 11.2 Å². The van der Waals surface area contributed by atoms with Crippen molar-refractivity contribution in [3.05, 3.63) is 30.1 Å². The van der Waals surface area contributed by atoms with E-state index in [4.69, 9.17) is 4.74 Å². The summed E-state index contributed by atoms with van der Waals surface area (Å²) < 4.78 is 6.01. The van der Waals surface area contributed by atoms with E-state index in [0.29, 0.717) is 12.1 Å². The van der Waals surface area contributed by atoms with Crippen LogP contribution in [0.3, 0.4) is 0 Å². The topological polar surface area (TPSA) is 34.2 Å². The molecule has 1 heterocycles. The van der Waals surface area contributed by atoms with E-state index < -0.39 is 0 Å². The normalized spacial score (nSPS) is 18.2. The number of hydrogen-bond acceptors (Lipinski definition) is 3. The Bertz CT molecular complexity index is 351. The van der Waals surface area contributed by atoms with Crippen LogP contribution in [0.1, 0.15) is 38.8 Å². The highest BCUT2D eigenvalue weighted by Gasteiger charge is 2.37. The van der Waals surface area contributed by atoms with E-state index in [2.05, 4.69) is 36.3 Å². The predicted molar refractivity (Wildman–Crippen MR) is 78.2 cm³/mol. The number of nitrogens with one attached hydrogen (secondary N) is 1. The summed E-state index contributed by atoms with van der Waals surface area (Å²) in [6.07, 6.45) is 6.97. The van der Waals surface area contributed by atoms with Crippen molar-refractivity contribution in [1.82, 2.24) is 10.3 Å². The molecule has 3 nitrogen and oxygen atoms in total. The van der Waals surface area contributed by atoms with E-state index in [1.807, 2.05) is 12.3 Å². The Morgan fingerprint density at radius 3 is 2.79 bits per heavy atom. The summed E-state index contributed by atoms with van der Waals surface area (Å²) in [4.78, 5) is 4.45. The minimum absolute atomic E-state index is 0.346. The van der Waals surface area contributed by atoms with Gasteiger partial charge in [-0.15, -0.1) is 0 Å². The molecule has 106 valence electrons. The molecule has 1 N–H and O–H groups in total. The van der Waals surface area contributed by atoms with Crippen molar-refractivity contribution in [1.29, 1.82) is 0 Å². The molecule has 0 amide bonds. The van der Waals surface area contributed by atoms with Crippen LogP contribution >= 0.6 is 0 Å². The van der Waals surface area contributed by atoms with Gasteiger partial charge in [-0.25, -0.2) is 0 Å². The first-order valence-electron chi connectivity index (χ1n) is 7.60. The smallest absolute Gasteiger partial charge is 0.0759 e. The van der Waals surface area contributed by atoms with Gasteiger partial charge in [-0.3, -0.25) is 4.98 Å². The lowest BCUT2D eigenvalue weighted by Gasteiger charge is -2.28. The fraction of sp³-hybridized carbons (Fsp3) is 0.688. The van der Waals surface area contributed by atoms with Gasteiger partial charge in [0.15, 0.2) is 0 Å². The summed E-state index contributed by atoms with van der Waals surface area (Å²) in [5.74, 6) is 0.748. The molecule has 0 aromatic carbocycles. The average molecular weight is 262 g/mol. The molecule has 0 radical (unpaired) electrons. The van der Waals surface area contributed by atoms with Gasteiger partial charge in [-0.2, -0.15) is 0 Å². The second-order valence-electron chi connectivity index (χ2n) is 5.34. The van der Waals surface area contributed by atoms with E-state index >= 15 is 0 Å². The number of hydrogen-bond donors (Lipinski definition) is 1. The van der Waals surface area contributed by atoms with Gasteiger partial charge in [0.1, 0.15) is 0 Å². The lowest BCUT2D eigenvalue weighted by molar-refractivity contribution is 0.0190. The molecule has 3 heteroatoms. The molecule has 0 spiro atoms. The Hall–Kier alpha value is -0.930. The van der Waals surface area contributed by atoms with E-state index in [1.165, 1.54) is 12.8 Å². The monoisotopic (exact) mass is 262 g/mol. The summed E-state index contributed by atoms with van der Waals surface area (Å²) in [6.45, 7) is 6.14. The Morgan fingerprint density at radius 2 is 2.21 bits per heavy atom. The van der Waals surface area contributed by atoms with Crippen molar-refractivity contribution in [2.75, 3.05) is 13.2 Å². The zero-order chi connectivity index (χ0) is 13.5. The quantitative estimate of drug-likeness (QED) is 0.743. The molecule has 2 rings (SSSR count). The van der Waals surface area contributed by atoms with Gasteiger partial charge < -0.3 is 10.1 Å². The van der Waals surface area contributed by atoms with Crippen LogP contribution in [0.2, 0.25) is 0 Å². The van der Waals surface area contributed by atoms with Gasteiger partial charge in [0.25, 0.3) is 0 Å². The maximum Gasteiger partial charge on any atom is 0.0759 e. The van der Waals surface area contributed by atoms with Crippen molar-refractivity contribution in [3.63, 3.8) is 0 Å². The van der Waals surface area contributed by atoms with Crippen molar-refractivity contribution >= 4 is 0 Å². The first-order chi connectivity index (χ1) is 9.35. The van der Waals surface area contributed by atoms with Crippen LogP contribution in [0.15, 0.2) is 24.4 Å². The SMILES string of the molecule is CCCNC(Cc1ccccn1)C(OCC)C1CC1. The number of aromatic nitrogens is 1. The summed E-state index contributed by atoms with van der Waals surface area (Å²) >= 11 is 0. The van der Waals surface area contributed by atoms with Gasteiger partial charge in [0.2, 0.25) is 0 Å². The van der Waals surface area contributed by atoms with E-state index in [-0.39, 0.29) is 0 Å². The van der Waals surface area contributed by atoms with Gasteiger partial charge >= 0.3 is 0 Å². The maximum atomic E-state index is 6.01. The Kier molecular flexibility index (Phi) is 5.80. The molecule has 0 aliphatic heterocycles. The molecule has 1 aliphatic rings. The standard InChI is InChI=1S/C16H26N2O/c1-3-10-18-15(12-14-7-5-6-11-17-14)16(19-4-2)13-8-9-13/h5-7,11,13,15-16,18H,3-4,8-10,12H2,1-2H3. The fourth-order valence-electron chi connectivity index (χ4n) is 2.58. The Morgan fingerprint density at radius 1 is 1.37 bits per heavy atom. The van der Waals surface area contributed by atoms with Crippen LogP contribution < -0.4 is 5.32 Å². The molecular weight excluding hydrogens is 236 g/mol. The molecule has 1 aliphatic carbocycles. The number of rotatable bonds is 9. The minimum Gasteiger partial charge on any atom is -0.377 e. The van der Waals surface area contributed by atoms with Crippen LogP contribution in [0.25, 0.3) is 0 Å². The zero-order valence-electron chi connectivity index (χ0n) is 12.1. The molecule has 19 heavy (non-hydrogen) atoms. The molecule has 1 saturated carbocycles. The third-order valence-electron chi connectivity index (χ3n) is 3.65. The van der Waals surface area contributed by atoms with Crippen LogP contribution in [0.4, 0.5) is 0 Å². The lowest BCUT2D eigenvalue weighted by atomic mass is 10.0. The number of pyridine rings is 1.